The van der Waals surface area contributed by atoms with Crippen molar-refractivity contribution in [2.45, 2.75) is 38.7 Å². The summed E-state index contributed by atoms with van der Waals surface area (Å²) in [5.74, 6) is 1.28. The van der Waals surface area contributed by atoms with Crippen molar-refractivity contribution in [1.29, 1.82) is 0 Å². The van der Waals surface area contributed by atoms with Gasteiger partial charge in [0.25, 0.3) is 0 Å². The molecule has 0 saturated carbocycles. The third-order valence-electron chi connectivity index (χ3n) is 3.82. The van der Waals surface area contributed by atoms with Gasteiger partial charge in [-0.25, -0.2) is 0 Å². The van der Waals surface area contributed by atoms with E-state index in [1.165, 1.54) is 5.56 Å². The summed E-state index contributed by atoms with van der Waals surface area (Å²) in [4.78, 5) is 0. The van der Waals surface area contributed by atoms with Crippen LogP contribution in [0.15, 0.2) is 29.4 Å². The van der Waals surface area contributed by atoms with Gasteiger partial charge in [-0.05, 0) is 42.1 Å². The van der Waals surface area contributed by atoms with Crippen LogP contribution in [0, 0.1) is 4.77 Å². The first-order valence-electron chi connectivity index (χ1n) is 7.58. The molecule has 0 radical (unpaired) electrons. The fourth-order valence-corrected chi connectivity index (χ4v) is 2.68. The Labute approximate surface area is 135 Å². The minimum absolute atomic E-state index is 0.0200. The smallest absolute Gasteiger partial charge is 0.216 e. The second kappa shape index (κ2) is 6.54. The highest BCUT2D eigenvalue weighted by atomic mass is 32.1. The molecule has 2 heterocycles. The lowest BCUT2D eigenvalue weighted by Crippen LogP contribution is -2.05. The van der Waals surface area contributed by atoms with Crippen LogP contribution in [0.25, 0.3) is 0 Å². The van der Waals surface area contributed by atoms with Gasteiger partial charge >= 0.3 is 0 Å². The normalized spacial score (nSPS) is 18.6. The standard InChI is InChI=1S/C16H20N4OS/c1-11(2)13-7-5-12(6-8-13)10-17-20-15(18-19-16(20)22)14-4-3-9-21-14/h5-8,10-11,14H,3-4,9H2,1-2H3,(H,19,22)/b17-10-/t14-/m0/s1. The van der Waals surface area contributed by atoms with Gasteiger partial charge in [0, 0.05) is 6.61 Å². The number of hydrogen-bond acceptors (Lipinski definition) is 4. The van der Waals surface area contributed by atoms with E-state index in [0.29, 0.717) is 10.7 Å². The van der Waals surface area contributed by atoms with Crippen LogP contribution >= 0.6 is 12.2 Å². The highest BCUT2D eigenvalue weighted by molar-refractivity contribution is 7.71. The molecule has 1 saturated heterocycles. The summed E-state index contributed by atoms with van der Waals surface area (Å²) in [6, 6.07) is 8.38. The number of aromatic amines is 1. The van der Waals surface area contributed by atoms with Crippen LogP contribution in [0.3, 0.4) is 0 Å². The number of benzene rings is 1. The maximum absolute atomic E-state index is 5.66. The number of rotatable bonds is 4. The molecule has 6 heteroatoms. The Morgan fingerprint density at radius 3 is 2.82 bits per heavy atom. The summed E-state index contributed by atoms with van der Waals surface area (Å²) in [7, 11) is 0. The van der Waals surface area contributed by atoms with Crippen molar-refractivity contribution in [2.75, 3.05) is 6.61 Å². The van der Waals surface area contributed by atoms with Gasteiger partial charge < -0.3 is 4.74 Å². The molecule has 1 N–H and O–H groups in total. The van der Waals surface area contributed by atoms with Crippen molar-refractivity contribution < 1.29 is 4.74 Å². The summed E-state index contributed by atoms with van der Waals surface area (Å²) < 4.78 is 7.80. The SMILES string of the molecule is CC(C)c1ccc(/C=N\n2c([C@@H]3CCCO3)n[nH]c2=S)cc1. The van der Waals surface area contributed by atoms with E-state index >= 15 is 0 Å². The Balaban J connectivity index is 1.83. The third kappa shape index (κ3) is 3.18. The van der Waals surface area contributed by atoms with E-state index in [0.717, 1.165) is 30.8 Å². The van der Waals surface area contributed by atoms with Crippen molar-refractivity contribution in [2.24, 2.45) is 5.10 Å². The van der Waals surface area contributed by atoms with E-state index in [1.807, 2.05) is 0 Å². The topological polar surface area (TPSA) is 55.2 Å². The lowest BCUT2D eigenvalue weighted by Gasteiger charge is -2.07. The monoisotopic (exact) mass is 316 g/mol. The van der Waals surface area contributed by atoms with E-state index in [4.69, 9.17) is 17.0 Å². The predicted molar refractivity (Wildman–Crippen MR) is 88.9 cm³/mol. The average molecular weight is 316 g/mol. The van der Waals surface area contributed by atoms with Gasteiger partial charge in [0.1, 0.15) is 6.10 Å². The number of nitrogens with zero attached hydrogens (tertiary/aromatic N) is 3. The van der Waals surface area contributed by atoms with Gasteiger partial charge in [-0.3, -0.25) is 5.10 Å². The molecular weight excluding hydrogens is 296 g/mol. The fourth-order valence-electron chi connectivity index (χ4n) is 2.50. The van der Waals surface area contributed by atoms with E-state index in [-0.39, 0.29) is 6.10 Å². The van der Waals surface area contributed by atoms with Gasteiger partial charge in [0.2, 0.25) is 4.77 Å². The zero-order chi connectivity index (χ0) is 15.5. The summed E-state index contributed by atoms with van der Waals surface area (Å²) in [5, 5.41) is 11.5. The van der Waals surface area contributed by atoms with Crippen molar-refractivity contribution >= 4 is 18.4 Å². The van der Waals surface area contributed by atoms with Gasteiger partial charge in [-0.15, -0.1) is 0 Å². The Morgan fingerprint density at radius 2 is 2.18 bits per heavy atom. The highest BCUT2D eigenvalue weighted by Crippen LogP contribution is 2.26. The molecule has 1 fully saturated rings. The Morgan fingerprint density at radius 1 is 1.41 bits per heavy atom. The molecule has 1 aromatic heterocycles. The molecule has 3 rings (SSSR count). The Bertz CT molecular complexity index is 708. The van der Waals surface area contributed by atoms with Crippen LogP contribution in [0.4, 0.5) is 0 Å². The van der Waals surface area contributed by atoms with E-state index in [2.05, 4.69) is 53.4 Å². The zero-order valence-electron chi connectivity index (χ0n) is 12.8. The lowest BCUT2D eigenvalue weighted by atomic mass is 10.0. The molecule has 0 spiro atoms. The predicted octanol–water partition coefficient (Wildman–Crippen LogP) is 3.80. The lowest BCUT2D eigenvalue weighted by molar-refractivity contribution is 0.102. The van der Waals surface area contributed by atoms with Crippen molar-refractivity contribution in [3.05, 3.63) is 46.0 Å². The van der Waals surface area contributed by atoms with Crippen LogP contribution in [-0.2, 0) is 4.74 Å². The number of H-pyrrole nitrogens is 1. The molecule has 1 atom stereocenters. The summed E-state index contributed by atoms with van der Waals surface area (Å²) in [6.07, 6.45) is 3.78. The molecule has 1 aliphatic rings. The first kappa shape index (κ1) is 15.1. The van der Waals surface area contributed by atoms with Gasteiger partial charge in [0.05, 0.1) is 6.21 Å². The molecule has 1 aromatic carbocycles. The van der Waals surface area contributed by atoms with E-state index < -0.39 is 0 Å². The van der Waals surface area contributed by atoms with Gasteiger partial charge in [0.15, 0.2) is 5.82 Å². The molecule has 22 heavy (non-hydrogen) atoms. The molecule has 0 amide bonds. The molecule has 2 aromatic rings. The quantitative estimate of drug-likeness (QED) is 0.689. The summed E-state index contributed by atoms with van der Waals surface area (Å²) >= 11 is 5.25. The maximum atomic E-state index is 5.66. The minimum atomic E-state index is -0.0200. The van der Waals surface area contributed by atoms with E-state index in [9.17, 15) is 0 Å². The third-order valence-corrected chi connectivity index (χ3v) is 4.08. The maximum Gasteiger partial charge on any atom is 0.216 e. The first-order valence-corrected chi connectivity index (χ1v) is 7.99. The molecule has 116 valence electrons. The second-order valence-corrected chi connectivity index (χ2v) is 6.15. The molecule has 0 unspecified atom stereocenters. The van der Waals surface area contributed by atoms with Gasteiger partial charge in [-0.2, -0.15) is 14.9 Å². The number of nitrogens with one attached hydrogen (secondary N) is 1. The van der Waals surface area contributed by atoms with Crippen molar-refractivity contribution in [3.63, 3.8) is 0 Å². The van der Waals surface area contributed by atoms with Crippen LogP contribution in [0.5, 0.6) is 0 Å². The molecule has 0 bridgehead atoms. The van der Waals surface area contributed by atoms with Crippen LogP contribution in [0.2, 0.25) is 0 Å². The fraction of sp³-hybridized carbons (Fsp3) is 0.438. The summed E-state index contributed by atoms with van der Waals surface area (Å²) in [5.41, 5.74) is 2.35. The number of aromatic nitrogens is 3. The molecule has 1 aliphatic heterocycles. The van der Waals surface area contributed by atoms with Crippen LogP contribution in [-0.4, -0.2) is 27.7 Å². The Kier molecular flexibility index (Phi) is 4.49. The number of hydrogen-bond donors (Lipinski definition) is 1. The minimum Gasteiger partial charge on any atom is -0.370 e. The van der Waals surface area contributed by atoms with Crippen LogP contribution < -0.4 is 0 Å². The molecule has 5 nitrogen and oxygen atoms in total. The van der Waals surface area contributed by atoms with Gasteiger partial charge in [-0.1, -0.05) is 38.1 Å². The largest absolute Gasteiger partial charge is 0.370 e. The van der Waals surface area contributed by atoms with Crippen molar-refractivity contribution in [3.8, 4) is 0 Å². The average Bonchev–Trinajstić information content (AvgIpc) is 3.15. The van der Waals surface area contributed by atoms with E-state index in [1.54, 1.807) is 10.9 Å². The second-order valence-electron chi connectivity index (χ2n) is 5.77. The first-order chi connectivity index (χ1) is 10.6. The number of ether oxygens (including phenoxy) is 1. The zero-order valence-corrected chi connectivity index (χ0v) is 13.6. The molecule has 0 aliphatic carbocycles. The highest BCUT2D eigenvalue weighted by Gasteiger charge is 2.23. The van der Waals surface area contributed by atoms with Crippen molar-refractivity contribution in [1.82, 2.24) is 14.9 Å². The Hall–Kier alpha value is -1.79. The summed E-state index contributed by atoms with van der Waals surface area (Å²) in [6.45, 7) is 5.13. The van der Waals surface area contributed by atoms with Crippen LogP contribution in [0.1, 0.15) is 55.7 Å². The molecular formula is C16H20N4OS.